The minimum absolute atomic E-state index is 0.00628. The van der Waals surface area contributed by atoms with E-state index in [1.54, 1.807) is 0 Å². The maximum absolute atomic E-state index is 13.4. The number of carbonyl (C=O) groups excluding carboxylic acids is 4. The van der Waals surface area contributed by atoms with Crippen molar-refractivity contribution in [2.45, 2.75) is 112 Å². The Morgan fingerprint density at radius 2 is 0.895 bits per heavy atom. The summed E-state index contributed by atoms with van der Waals surface area (Å²) in [7, 11) is -4.83. The van der Waals surface area contributed by atoms with E-state index in [0.29, 0.717) is 6.42 Å². The van der Waals surface area contributed by atoms with Crippen LogP contribution in [-0.4, -0.2) is 62.0 Å². The van der Waals surface area contributed by atoms with Gasteiger partial charge in [-0.05, 0) is 49.4 Å². The van der Waals surface area contributed by atoms with Gasteiger partial charge in [-0.15, -0.1) is 3.89 Å². The summed E-state index contributed by atoms with van der Waals surface area (Å²) in [5, 5.41) is 10.6. The average Bonchev–Trinajstić information content (AvgIpc) is 2.68. The van der Waals surface area contributed by atoms with Gasteiger partial charge < -0.3 is 21.3 Å². The zero-order chi connectivity index (χ0) is 29.8. The van der Waals surface area contributed by atoms with E-state index in [9.17, 15) is 31.5 Å². The lowest BCUT2D eigenvalue weighted by molar-refractivity contribution is -0.134. The van der Waals surface area contributed by atoms with Gasteiger partial charge in [-0.2, -0.15) is 8.42 Å². The molecule has 0 aliphatic heterocycles. The fraction of sp³-hybridized carbons (Fsp3) is 0.846. The van der Waals surface area contributed by atoms with Gasteiger partial charge in [0.2, 0.25) is 23.6 Å². The molecule has 0 aliphatic rings. The molecular formula is C26H49FN4O6S. The van der Waals surface area contributed by atoms with Crippen LogP contribution in [0.15, 0.2) is 0 Å². The van der Waals surface area contributed by atoms with Crippen LogP contribution in [0.3, 0.4) is 0 Å². The van der Waals surface area contributed by atoms with E-state index in [1.165, 1.54) is 6.92 Å². The number of rotatable bonds is 17. The predicted molar refractivity (Wildman–Crippen MR) is 146 cm³/mol. The van der Waals surface area contributed by atoms with Crippen molar-refractivity contribution in [3.8, 4) is 0 Å². The lowest BCUT2D eigenvalue weighted by Crippen LogP contribution is -2.58. The molecule has 38 heavy (non-hydrogen) atoms. The molecule has 0 aromatic rings. The predicted octanol–water partition coefficient (Wildman–Crippen LogP) is 2.43. The first-order chi connectivity index (χ1) is 17.3. The number of nitrogens with one attached hydrogen (secondary N) is 4. The Labute approximate surface area is 228 Å². The van der Waals surface area contributed by atoms with Gasteiger partial charge in [-0.3, -0.25) is 19.2 Å². The average molecular weight is 565 g/mol. The Hall–Kier alpha value is -2.24. The summed E-state index contributed by atoms with van der Waals surface area (Å²) < 4.78 is 35.9. The van der Waals surface area contributed by atoms with Crippen LogP contribution in [0.2, 0.25) is 0 Å². The summed E-state index contributed by atoms with van der Waals surface area (Å²) in [6.45, 7) is 16.3. The molecule has 4 N–H and O–H groups in total. The van der Waals surface area contributed by atoms with Crippen molar-refractivity contribution in [2.24, 2.45) is 23.7 Å². The van der Waals surface area contributed by atoms with Gasteiger partial charge in [0.1, 0.15) is 23.9 Å². The smallest absolute Gasteiger partial charge is 0.304 e. The maximum Gasteiger partial charge on any atom is 0.304 e. The molecule has 0 saturated carbocycles. The minimum atomic E-state index is -4.83. The van der Waals surface area contributed by atoms with Crippen molar-refractivity contribution in [1.29, 1.82) is 0 Å². The second kappa shape index (κ2) is 16.7. The van der Waals surface area contributed by atoms with E-state index in [1.807, 2.05) is 55.4 Å². The highest BCUT2D eigenvalue weighted by molar-refractivity contribution is 7.86. The van der Waals surface area contributed by atoms with Crippen molar-refractivity contribution in [1.82, 2.24) is 21.3 Å². The van der Waals surface area contributed by atoms with E-state index in [0.717, 1.165) is 0 Å². The Morgan fingerprint density at radius 3 is 1.18 bits per heavy atom. The van der Waals surface area contributed by atoms with E-state index in [2.05, 4.69) is 21.3 Å². The van der Waals surface area contributed by atoms with Gasteiger partial charge in [0.15, 0.2) is 0 Å². The Morgan fingerprint density at radius 1 is 0.579 bits per heavy atom. The molecule has 10 nitrogen and oxygen atoms in total. The topological polar surface area (TPSA) is 151 Å². The lowest BCUT2D eigenvalue weighted by Gasteiger charge is -2.28. The second-order valence-corrected chi connectivity index (χ2v) is 13.2. The van der Waals surface area contributed by atoms with Gasteiger partial charge in [0, 0.05) is 13.0 Å². The summed E-state index contributed by atoms with van der Waals surface area (Å²) in [5.41, 5.74) is 0. The summed E-state index contributed by atoms with van der Waals surface area (Å²) in [5.74, 6) is -2.78. The molecule has 0 rings (SSSR count). The summed E-state index contributed by atoms with van der Waals surface area (Å²) in [4.78, 5) is 51.1. The maximum atomic E-state index is 13.4. The summed E-state index contributed by atoms with van der Waals surface area (Å²) in [6, 6.07) is -3.76. The van der Waals surface area contributed by atoms with E-state index >= 15 is 0 Å². The van der Waals surface area contributed by atoms with Crippen molar-refractivity contribution in [2.75, 3.05) is 5.75 Å². The standard InChI is InChI=1S/C26H49FN4O6S/c1-15(2)10-20(14-38(27,36)37)29-24(33)22(12-17(5)6)30-26(35)23(13-18(7)8)31-25(34)21(11-16(3)4)28-19(9)32/h15-18,20-23H,10-14H2,1-9H3,(H,28,32)(H,29,33)(H,30,35)(H,31,34)/t20-,21-,22-,23-/m0/s1. The normalized spacial score (nSPS) is 15.2. The number of amides is 4. The number of hydrogen-bond acceptors (Lipinski definition) is 6. The minimum Gasteiger partial charge on any atom is -0.350 e. The quantitative estimate of drug-likeness (QED) is 0.199. The van der Waals surface area contributed by atoms with Gasteiger partial charge in [0.25, 0.3) is 0 Å². The number of carbonyl (C=O) groups is 4. The third kappa shape index (κ3) is 16.6. The van der Waals surface area contributed by atoms with Gasteiger partial charge in [-0.25, -0.2) is 0 Å². The van der Waals surface area contributed by atoms with E-state index in [-0.39, 0.29) is 48.8 Å². The molecule has 0 spiro atoms. The molecular weight excluding hydrogens is 515 g/mol. The van der Waals surface area contributed by atoms with Crippen molar-refractivity contribution >= 4 is 33.9 Å². The second-order valence-electron chi connectivity index (χ2n) is 11.8. The van der Waals surface area contributed by atoms with Gasteiger partial charge >= 0.3 is 10.2 Å². The Bertz CT molecular complexity index is 892. The molecule has 4 amide bonds. The molecule has 0 radical (unpaired) electrons. The molecule has 0 heterocycles. The third-order valence-electron chi connectivity index (χ3n) is 5.58. The molecule has 0 aromatic carbocycles. The highest BCUT2D eigenvalue weighted by Crippen LogP contribution is 2.13. The molecule has 0 aliphatic carbocycles. The Kier molecular flexibility index (Phi) is 15.7. The van der Waals surface area contributed by atoms with Crippen molar-refractivity contribution in [3.63, 3.8) is 0 Å². The van der Waals surface area contributed by atoms with E-state index in [4.69, 9.17) is 0 Å². The zero-order valence-corrected chi connectivity index (χ0v) is 25.2. The van der Waals surface area contributed by atoms with Crippen molar-refractivity contribution < 1.29 is 31.5 Å². The van der Waals surface area contributed by atoms with Crippen LogP contribution < -0.4 is 21.3 Å². The van der Waals surface area contributed by atoms with Crippen LogP contribution in [0.4, 0.5) is 3.89 Å². The van der Waals surface area contributed by atoms with E-state index < -0.39 is 57.9 Å². The zero-order valence-electron chi connectivity index (χ0n) is 24.4. The van der Waals surface area contributed by atoms with Crippen LogP contribution in [-0.2, 0) is 29.4 Å². The highest BCUT2D eigenvalue weighted by Gasteiger charge is 2.32. The summed E-state index contributed by atoms with van der Waals surface area (Å²) >= 11 is 0. The van der Waals surface area contributed by atoms with Crippen LogP contribution in [0.1, 0.15) is 88.0 Å². The van der Waals surface area contributed by atoms with Crippen molar-refractivity contribution in [3.05, 3.63) is 0 Å². The fourth-order valence-electron chi connectivity index (χ4n) is 4.18. The van der Waals surface area contributed by atoms with Crippen LogP contribution in [0, 0.1) is 23.7 Å². The molecule has 0 bridgehead atoms. The molecule has 0 saturated heterocycles. The number of hydrogen-bond donors (Lipinski definition) is 4. The molecule has 0 fully saturated rings. The largest absolute Gasteiger partial charge is 0.350 e. The first kappa shape index (κ1) is 35.8. The molecule has 4 atom stereocenters. The third-order valence-corrected chi connectivity index (χ3v) is 6.38. The number of halogens is 1. The van der Waals surface area contributed by atoms with Crippen LogP contribution in [0.5, 0.6) is 0 Å². The SMILES string of the molecule is CC(=O)N[C@@H](CC(C)C)C(=O)N[C@@H](CC(C)C)C(=O)N[C@@H](CC(C)C)C(=O)N[C@@H](CC(C)C)CS(=O)(=O)F. The molecule has 12 heteroatoms. The van der Waals surface area contributed by atoms with Crippen LogP contribution >= 0.6 is 0 Å². The van der Waals surface area contributed by atoms with Crippen LogP contribution in [0.25, 0.3) is 0 Å². The molecule has 0 unspecified atom stereocenters. The molecule has 0 aromatic heterocycles. The molecule has 222 valence electrons. The van der Waals surface area contributed by atoms with Gasteiger partial charge in [-0.1, -0.05) is 55.4 Å². The first-order valence-corrected chi connectivity index (χ1v) is 15.0. The summed E-state index contributed by atoms with van der Waals surface area (Å²) in [6.07, 6.45) is 1.16. The highest BCUT2D eigenvalue weighted by atomic mass is 32.3. The Balaban J connectivity index is 5.81. The fourth-order valence-corrected chi connectivity index (χ4v) is 4.88. The monoisotopic (exact) mass is 564 g/mol. The first-order valence-electron chi connectivity index (χ1n) is 13.4. The van der Waals surface area contributed by atoms with Gasteiger partial charge in [0.05, 0.1) is 0 Å². The lowest BCUT2D eigenvalue weighted by atomic mass is 9.98.